The van der Waals surface area contributed by atoms with Crippen LogP contribution >= 0.6 is 11.3 Å². The Kier molecular flexibility index (Phi) is 14.8. The Morgan fingerprint density at radius 3 is 2.32 bits per heavy atom. The zero-order chi connectivity index (χ0) is 51.9. The highest BCUT2D eigenvalue weighted by Crippen LogP contribution is 2.33. The van der Waals surface area contributed by atoms with Gasteiger partial charge in [0, 0.05) is 74.5 Å². The summed E-state index contributed by atoms with van der Waals surface area (Å²) in [5.74, 6) is -4.20. The van der Waals surface area contributed by atoms with Gasteiger partial charge in [-0.25, -0.2) is 23.1 Å². The van der Waals surface area contributed by atoms with Gasteiger partial charge in [-0.1, -0.05) is 69.3 Å². The third-order valence-electron chi connectivity index (χ3n) is 14.0. The number of likely N-dealkylation sites (tertiary alicyclic amines) is 2. The van der Waals surface area contributed by atoms with Crippen LogP contribution in [0.3, 0.4) is 0 Å². The molecule has 0 spiro atoms. The van der Waals surface area contributed by atoms with Crippen LogP contribution in [0.2, 0.25) is 0 Å². The van der Waals surface area contributed by atoms with Crippen LogP contribution in [0.4, 0.5) is 18.9 Å². The number of pyridine rings is 1. The highest BCUT2D eigenvalue weighted by Gasteiger charge is 2.44. The summed E-state index contributed by atoms with van der Waals surface area (Å²) < 4.78 is 73.2. The van der Waals surface area contributed by atoms with Crippen molar-refractivity contribution in [3.05, 3.63) is 124 Å². The Bertz CT molecular complexity index is 3170. The molecule has 9 rings (SSSR count). The number of β-amino-alcohol motifs (C(OH)–C–C–N with tert-alkyl or cyclic N) is 1. The number of aliphatic hydroxyl groups is 1. The molecule has 0 bridgehead atoms. The molecule has 3 aromatic carbocycles. The maximum absolute atomic E-state index is 15.8. The quantitative estimate of drug-likeness (QED) is 0.0688. The number of aryl methyl sites for hydroxylation is 2. The number of halogens is 3. The van der Waals surface area contributed by atoms with E-state index in [1.807, 2.05) is 91.4 Å². The number of anilines is 1. The summed E-state index contributed by atoms with van der Waals surface area (Å²) in [7, 11) is -4.38. The normalized spacial score (nSPS) is 19.3. The molecule has 3 aliphatic rings. The van der Waals surface area contributed by atoms with Crippen molar-refractivity contribution in [3.8, 4) is 21.6 Å². The number of hydrogen-bond donors (Lipinski definition) is 4. The van der Waals surface area contributed by atoms with Crippen molar-refractivity contribution in [1.29, 1.82) is 0 Å². The maximum Gasteiger partial charge on any atom is 0.301 e. The third-order valence-corrected chi connectivity index (χ3v) is 16.4. The number of nitrogens with zero attached hydrogens (tertiary/aromatic N) is 5. The van der Waals surface area contributed by atoms with Gasteiger partial charge in [0.05, 0.1) is 46.0 Å². The first-order valence-electron chi connectivity index (χ1n) is 24.3. The van der Waals surface area contributed by atoms with E-state index in [2.05, 4.69) is 20.3 Å². The number of ketones is 2. The smallest absolute Gasteiger partial charge is 0.301 e. The number of nitrogens with one attached hydrogen (secondary N) is 3. The molecule has 0 unspecified atom stereocenters. The number of carbonyl (C=O) groups is 4. The average molecular weight is 1040 g/mol. The van der Waals surface area contributed by atoms with Crippen molar-refractivity contribution in [2.75, 3.05) is 44.0 Å². The van der Waals surface area contributed by atoms with Crippen molar-refractivity contribution in [1.82, 2.24) is 34.4 Å². The van der Waals surface area contributed by atoms with Crippen molar-refractivity contribution in [3.63, 3.8) is 0 Å². The maximum atomic E-state index is 15.8. The lowest BCUT2D eigenvalue weighted by Gasteiger charge is -2.40. The molecular weight excluding hydrogens is 982 g/mol. The lowest BCUT2D eigenvalue weighted by Crippen LogP contribution is -2.59. The largest absolute Gasteiger partial charge is 0.391 e. The van der Waals surface area contributed by atoms with Crippen LogP contribution in [0.25, 0.3) is 32.6 Å². The number of amides is 2. The Morgan fingerprint density at radius 1 is 0.932 bits per heavy atom. The molecule has 0 saturated carbocycles. The van der Waals surface area contributed by atoms with Gasteiger partial charge < -0.3 is 20.3 Å². The minimum absolute atomic E-state index is 0.0123. The molecule has 6 heterocycles. The van der Waals surface area contributed by atoms with Crippen LogP contribution in [-0.4, -0.2) is 130 Å². The van der Waals surface area contributed by atoms with Gasteiger partial charge in [0.1, 0.15) is 23.7 Å². The molecule has 0 radical (unpaired) electrons. The van der Waals surface area contributed by atoms with Gasteiger partial charge in [0.25, 0.3) is 0 Å². The first-order valence-corrected chi connectivity index (χ1v) is 26.6. The van der Waals surface area contributed by atoms with Crippen LogP contribution in [0, 0.1) is 29.9 Å². The Labute approximate surface area is 425 Å². The van der Waals surface area contributed by atoms with Crippen molar-refractivity contribution in [2.45, 2.75) is 84.2 Å². The third kappa shape index (κ3) is 11.3. The van der Waals surface area contributed by atoms with Crippen LogP contribution < -0.4 is 10.0 Å². The summed E-state index contributed by atoms with van der Waals surface area (Å²) in [6.45, 7) is 8.45. The van der Waals surface area contributed by atoms with Gasteiger partial charge in [-0.2, -0.15) is 12.7 Å². The highest BCUT2D eigenvalue weighted by atomic mass is 32.2. The molecule has 384 valence electrons. The van der Waals surface area contributed by atoms with Crippen LogP contribution in [0.15, 0.2) is 84.6 Å². The molecule has 0 aliphatic carbocycles. The molecule has 20 heteroatoms. The molecule has 4 N–H and O–H groups in total. The number of rotatable bonds is 17. The predicted octanol–water partition coefficient (Wildman–Crippen LogP) is 7.04. The van der Waals surface area contributed by atoms with Crippen LogP contribution in [-0.2, 0) is 37.4 Å². The van der Waals surface area contributed by atoms with E-state index in [0.717, 1.165) is 55.7 Å². The summed E-state index contributed by atoms with van der Waals surface area (Å²) in [5.41, 5.74) is 5.19. The average Bonchev–Trinajstić information content (AvgIpc) is 4.17. The van der Waals surface area contributed by atoms with Crippen LogP contribution in [0.1, 0.15) is 72.8 Å². The van der Waals surface area contributed by atoms with Crippen molar-refractivity contribution >= 4 is 61.6 Å². The first kappa shape index (κ1) is 51.6. The molecule has 15 nitrogen and oxygen atoms in total. The molecule has 3 saturated heterocycles. The highest BCUT2D eigenvalue weighted by molar-refractivity contribution is 7.90. The summed E-state index contributed by atoms with van der Waals surface area (Å²) in [6.07, 6.45) is 2.24. The fourth-order valence-corrected chi connectivity index (χ4v) is 12.0. The number of alkyl halides is 1. The minimum Gasteiger partial charge on any atom is -0.391 e. The molecule has 2 amide bonds. The van der Waals surface area contributed by atoms with Gasteiger partial charge in [-0.05, 0) is 78.0 Å². The van der Waals surface area contributed by atoms with Crippen molar-refractivity contribution < 1.29 is 45.9 Å². The number of thiazole rings is 1. The number of hydrogen-bond acceptors (Lipinski definition) is 11. The molecule has 3 fully saturated rings. The van der Waals surface area contributed by atoms with Gasteiger partial charge >= 0.3 is 10.2 Å². The monoisotopic (exact) mass is 1040 g/mol. The molecule has 3 aromatic heterocycles. The van der Waals surface area contributed by atoms with E-state index in [-0.39, 0.29) is 62.1 Å². The first-order chi connectivity index (χ1) is 34.7. The number of aliphatic hydroxyl groups excluding tert-OH is 1. The van der Waals surface area contributed by atoms with Crippen molar-refractivity contribution in [2.24, 2.45) is 11.3 Å². The van der Waals surface area contributed by atoms with E-state index < -0.39 is 81.1 Å². The van der Waals surface area contributed by atoms with Gasteiger partial charge in [-0.15, -0.1) is 11.3 Å². The number of aromatic nitrogens is 3. The topological polar surface area (TPSA) is 198 Å². The number of Topliss-reactive ketones (excluding diaryl/α,β-unsaturated/α-hetero) is 1. The van der Waals surface area contributed by atoms with Gasteiger partial charge in [0.15, 0.2) is 11.6 Å². The van der Waals surface area contributed by atoms with E-state index in [1.54, 1.807) is 23.6 Å². The van der Waals surface area contributed by atoms with E-state index >= 15 is 8.78 Å². The summed E-state index contributed by atoms with van der Waals surface area (Å²) in [5, 5.41) is 13.9. The lowest BCUT2D eigenvalue weighted by molar-refractivity contribution is -0.143. The fourth-order valence-electron chi connectivity index (χ4n) is 9.96. The lowest BCUT2D eigenvalue weighted by atomic mass is 9.85. The van der Waals surface area contributed by atoms with E-state index in [0.29, 0.717) is 36.1 Å². The second-order valence-electron chi connectivity index (χ2n) is 20.4. The Hall–Kier alpha value is -6.32. The number of aromatic amines is 1. The molecule has 4 atom stereocenters. The zero-order valence-electron chi connectivity index (χ0n) is 40.8. The summed E-state index contributed by atoms with van der Waals surface area (Å²) >= 11 is 1.58. The molecular formula is C53H57F3N8O7S2. The number of benzene rings is 3. The summed E-state index contributed by atoms with van der Waals surface area (Å²) in [4.78, 5) is 71.3. The Morgan fingerprint density at radius 2 is 1.64 bits per heavy atom. The fraction of sp³-hybridized carbons (Fsp3) is 0.396. The molecule has 73 heavy (non-hydrogen) atoms. The SMILES string of the molecule is Cc1ncsc1-c1ccc(CCC(=O)[C@@H]2C[C@@H](O)CN2C(=O)[C@@H](NC(=O)CN2CC(Cc3ccc(-c4cnc5[nH]cc(C(=O)c6c(F)ccc(NS(=O)(=O)N7CC[C@@H](F)C7)c6F)c5c4)cc3)C2)C(C)(C)C)cc1. The molecule has 3 aliphatic heterocycles. The summed E-state index contributed by atoms with van der Waals surface area (Å²) in [6, 6.07) is 17.4. The van der Waals surface area contributed by atoms with Gasteiger partial charge in [-0.3, -0.25) is 28.8 Å². The van der Waals surface area contributed by atoms with E-state index in [9.17, 15) is 37.1 Å². The number of H-pyrrole nitrogens is 1. The second-order valence-corrected chi connectivity index (χ2v) is 23.0. The van der Waals surface area contributed by atoms with E-state index in [4.69, 9.17) is 0 Å². The van der Waals surface area contributed by atoms with E-state index in [1.165, 1.54) is 11.1 Å². The second kappa shape index (κ2) is 20.9. The minimum atomic E-state index is -4.38. The number of fused-ring (bicyclic) bond motifs is 1. The molecule has 6 aromatic rings. The van der Waals surface area contributed by atoms with Gasteiger partial charge in [0.2, 0.25) is 17.6 Å². The van der Waals surface area contributed by atoms with Crippen LogP contribution in [0.5, 0.6) is 0 Å². The number of carbonyl (C=O) groups excluding carboxylic acids is 4. The Balaban J connectivity index is 0.776. The zero-order valence-corrected chi connectivity index (χ0v) is 42.5. The standard InChI is InChI=1S/C53H57F3N8O7S2/c1-30-49(72-29-59-30)35-12-5-31(6-13-35)9-16-44(66)43-21-38(65)27-64(43)52(69)50(53(2,3)4)60-45(67)28-62-24-33(25-62)19-32-7-10-34(11-8-32)36-20-39-40(23-58-51(39)57-22-36)48(68)46-41(55)14-15-42(47(46)56)61-73(70,71)63-18-17-37(54)26-63/h5-8,10-15,20,22-23,29,33,37-38,43,50,61,65H,9,16-19,21,24-28H2,1-4H3,(H,57,58)(H,60,67)/t37-,38-,43+,50-/m1/s1. The predicted molar refractivity (Wildman–Crippen MR) is 272 cm³/mol.